The van der Waals surface area contributed by atoms with Gasteiger partial charge in [-0.15, -0.1) is 0 Å². The molecule has 216 valence electrons. The highest BCUT2D eigenvalue weighted by molar-refractivity contribution is 7.91. The molecule has 1 unspecified atom stereocenters. The van der Waals surface area contributed by atoms with Gasteiger partial charge >= 0.3 is 5.97 Å². The van der Waals surface area contributed by atoms with Crippen molar-refractivity contribution in [2.75, 3.05) is 5.75 Å². The number of benzene rings is 3. The van der Waals surface area contributed by atoms with Crippen LogP contribution < -0.4 is 0 Å². The monoisotopic (exact) mass is 633 g/mol. The van der Waals surface area contributed by atoms with Crippen molar-refractivity contribution < 1.29 is 23.1 Å². The average Bonchev–Trinajstić information content (AvgIpc) is 3.75. The summed E-state index contributed by atoms with van der Waals surface area (Å²) in [4.78, 5) is 28.3. The van der Waals surface area contributed by atoms with E-state index in [1.807, 2.05) is 30.3 Å². The first kappa shape index (κ1) is 29.9. The zero-order valence-corrected chi connectivity index (χ0v) is 25.4. The number of likely N-dealkylation sites (tertiary alicyclic amines) is 1. The summed E-state index contributed by atoms with van der Waals surface area (Å²) in [5.41, 5.74) is 0.351. The van der Waals surface area contributed by atoms with Crippen LogP contribution >= 0.6 is 34.8 Å². The third-order valence-corrected chi connectivity index (χ3v) is 11.0. The number of carbonyl (C=O) groups excluding carboxylic acids is 1. The van der Waals surface area contributed by atoms with Gasteiger partial charge in [0.1, 0.15) is 0 Å². The molecule has 6 nitrogen and oxygen atoms in total. The van der Waals surface area contributed by atoms with Crippen molar-refractivity contribution in [2.24, 2.45) is 11.3 Å². The zero-order chi connectivity index (χ0) is 29.5. The van der Waals surface area contributed by atoms with Crippen molar-refractivity contribution in [1.29, 1.82) is 0 Å². The Bertz CT molecular complexity index is 1570. The smallest absolute Gasteiger partial charge is 0.304 e. The number of halogens is 3. The molecule has 1 N–H and O–H groups in total. The minimum Gasteiger partial charge on any atom is -0.481 e. The van der Waals surface area contributed by atoms with Crippen molar-refractivity contribution in [3.8, 4) is 0 Å². The highest BCUT2D eigenvalue weighted by Gasteiger charge is 2.55. The molecule has 1 aliphatic heterocycles. The molecule has 10 heteroatoms. The number of amides is 1. The number of aliphatic carboxylic acids is 1. The predicted molar refractivity (Wildman–Crippen MR) is 160 cm³/mol. The second-order valence-corrected chi connectivity index (χ2v) is 14.6. The fourth-order valence-electron chi connectivity index (χ4n) is 6.18. The van der Waals surface area contributed by atoms with Crippen molar-refractivity contribution in [3.63, 3.8) is 0 Å². The highest BCUT2D eigenvalue weighted by atomic mass is 35.5. The Morgan fingerprint density at radius 3 is 2.27 bits per heavy atom. The first-order valence-electron chi connectivity index (χ1n) is 13.4. The fraction of sp³-hybridized carbons (Fsp3) is 0.355. The van der Waals surface area contributed by atoms with Crippen LogP contribution in [0.15, 0.2) is 77.7 Å². The van der Waals surface area contributed by atoms with Crippen LogP contribution in [0, 0.1) is 11.3 Å². The first-order valence-corrected chi connectivity index (χ1v) is 16.2. The lowest BCUT2D eigenvalue weighted by Gasteiger charge is -2.52. The minimum absolute atomic E-state index is 0.0134. The van der Waals surface area contributed by atoms with Gasteiger partial charge in [-0.05, 0) is 72.7 Å². The number of carboxylic acid groups (broad SMARTS) is 1. The number of hydrogen-bond donors (Lipinski definition) is 1. The summed E-state index contributed by atoms with van der Waals surface area (Å²) in [6, 6.07) is 19.5. The second-order valence-electron chi connectivity index (χ2n) is 11.3. The third-order valence-electron chi connectivity index (χ3n) is 8.22. The van der Waals surface area contributed by atoms with E-state index in [4.69, 9.17) is 34.8 Å². The van der Waals surface area contributed by atoms with Gasteiger partial charge in [0.2, 0.25) is 5.91 Å². The van der Waals surface area contributed by atoms with Crippen molar-refractivity contribution in [3.05, 3.63) is 99.0 Å². The lowest BCUT2D eigenvalue weighted by atomic mass is 9.67. The molecule has 5 rings (SSSR count). The van der Waals surface area contributed by atoms with E-state index in [0.29, 0.717) is 10.0 Å². The summed E-state index contributed by atoms with van der Waals surface area (Å²) >= 11 is 18.9. The van der Waals surface area contributed by atoms with Gasteiger partial charge in [-0.2, -0.15) is 0 Å². The predicted octanol–water partition coefficient (Wildman–Crippen LogP) is 7.44. The van der Waals surface area contributed by atoms with Crippen LogP contribution in [-0.4, -0.2) is 42.1 Å². The minimum atomic E-state index is -3.91. The summed E-state index contributed by atoms with van der Waals surface area (Å²) < 4.78 is 27.6. The van der Waals surface area contributed by atoms with Crippen molar-refractivity contribution >= 4 is 56.5 Å². The van der Waals surface area contributed by atoms with Gasteiger partial charge in [0.15, 0.2) is 9.84 Å². The number of sulfone groups is 1. The Morgan fingerprint density at radius 1 is 0.976 bits per heavy atom. The molecule has 1 amide bonds. The van der Waals surface area contributed by atoms with Gasteiger partial charge in [0.25, 0.3) is 0 Å². The quantitative estimate of drug-likeness (QED) is 0.264. The lowest BCUT2D eigenvalue weighted by molar-refractivity contribution is -0.160. The van der Waals surface area contributed by atoms with Crippen LogP contribution in [-0.2, 0) is 19.4 Å². The zero-order valence-electron chi connectivity index (χ0n) is 22.3. The Hall–Kier alpha value is -2.58. The Morgan fingerprint density at radius 2 is 1.66 bits per heavy atom. The van der Waals surface area contributed by atoms with Crippen LogP contribution in [0.25, 0.3) is 0 Å². The third kappa shape index (κ3) is 6.29. The van der Waals surface area contributed by atoms with Gasteiger partial charge in [0, 0.05) is 22.0 Å². The molecule has 4 atom stereocenters. The summed E-state index contributed by atoms with van der Waals surface area (Å²) in [7, 11) is -3.91. The topological polar surface area (TPSA) is 91.8 Å². The SMILES string of the molecule is C[C@]1(CC(=O)O)C[C@H](c2cccc(Cl)c2)[C@@H](c2ccc(Cl)cc2)N(C(CS(=O)(=O)c2ccccc2Cl)C2CC2)C1=O. The number of piperidine rings is 1. The molecule has 0 spiro atoms. The van der Waals surface area contributed by atoms with Crippen molar-refractivity contribution in [1.82, 2.24) is 4.90 Å². The van der Waals surface area contributed by atoms with E-state index in [1.165, 1.54) is 12.1 Å². The Kier molecular flexibility index (Phi) is 8.46. The van der Waals surface area contributed by atoms with E-state index < -0.39 is 33.3 Å². The number of nitrogens with zero attached hydrogens (tertiary/aromatic N) is 1. The maximum Gasteiger partial charge on any atom is 0.304 e. The molecule has 41 heavy (non-hydrogen) atoms. The molecule has 3 aromatic rings. The first-order chi connectivity index (χ1) is 19.4. The molecule has 1 aliphatic carbocycles. The number of carbonyl (C=O) groups is 2. The van der Waals surface area contributed by atoms with Gasteiger partial charge < -0.3 is 10.0 Å². The van der Waals surface area contributed by atoms with E-state index in [-0.39, 0.29) is 46.3 Å². The average molecular weight is 635 g/mol. The standard InChI is InChI=1S/C31H30Cl3NO5S/c1-31(17-28(36)37)16-24(21-5-4-6-23(33)15-21)29(20-11-13-22(32)14-12-20)35(30(31)38)26(19-9-10-19)18-41(39,40)27-8-3-2-7-25(27)34/h2-8,11-15,19,24,26,29H,9-10,16-18H2,1H3,(H,36,37)/t24-,26?,29-,31-/m1/s1. The summed E-state index contributed by atoms with van der Waals surface area (Å²) in [5.74, 6) is -2.21. The van der Waals surface area contributed by atoms with Crippen LogP contribution in [0.5, 0.6) is 0 Å². The van der Waals surface area contributed by atoms with Crippen LogP contribution in [0.2, 0.25) is 15.1 Å². The maximum atomic E-state index is 14.5. The Balaban J connectivity index is 1.69. The van der Waals surface area contributed by atoms with E-state index >= 15 is 0 Å². The molecule has 2 aliphatic rings. The normalized spacial score (nSPS) is 23.8. The molecule has 1 saturated carbocycles. The summed E-state index contributed by atoms with van der Waals surface area (Å²) in [6.45, 7) is 1.67. The molecular formula is C31H30Cl3NO5S. The number of hydrogen-bond acceptors (Lipinski definition) is 4. The highest BCUT2D eigenvalue weighted by Crippen LogP contribution is 2.54. The number of rotatable bonds is 9. The number of carboxylic acids is 1. The molecule has 1 saturated heterocycles. The van der Waals surface area contributed by atoms with Gasteiger partial charge in [0.05, 0.1) is 33.5 Å². The fourth-order valence-corrected chi connectivity index (χ4v) is 8.71. The van der Waals surface area contributed by atoms with Crippen molar-refractivity contribution in [2.45, 2.75) is 55.5 Å². The van der Waals surface area contributed by atoms with E-state index in [2.05, 4.69) is 0 Å². The van der Waals surface area contributed by atoms with Gasteiger partial charge in [-0.1, -0.05) is 78.1 Å². The van der Waals surface area contributed by atoms with Crippen LogP contribution in [0.3, 0.4) is 0 Å². The summed E-state index contributed by atoms with van der Waals surface area (Å²) in [6.07, 6.45) is 1.38. The van der Waals surface area contributed by atoms with E-state index in [9.17, 15) is 23.1 Å². The van der Waals surface area contributed by atoms with E-state index in [1.54, 1.807) is 42.2 Å². The molecular weight excluding hydrogens is 605 g/mol. The van der Waals surface area contributed by atoms with Gasteiger partial charge in [-0.25, -0.2) is 8.42 Å². The maximum absolute atomic E-state index is 14.5. The molecule has 1 heterocycles. The largest absolute Gasteiger partial charge is 0.481 e. The Labute approximate surface area is 255 Å². The molecule has 0 bridgehead atoms. The molecule has 2 fully saturated rings. The summed E-state index contributed by atoms with van der Waals surface area (Å²) in [5, 5.41) is 11.0. The molecule has 0 radical (unpaired) electrons. The van der Waals surface area contributed by atoms with Crippen LogP contribution in [0.4, 0.5) is 0 Å². The van der Waals surface area contributed by atoms with Gasteiger partial charge in [-0.3, -0.25) is 9.59 Å². The van der Waals surface area contributed by atoms with Crippen LogP contribution in [0.1, 0.15) is 55.7 Å². The lowest BCUT2D eigenvalue weighted by Crippen LogP contribution is -2.58. The second kappa shape index (κ2) is 11.6. The molecule has 0 aromatic heterocycles. The van der Waals surface area contributed by atoms with E-state index in [0.717, 1.165) is 24.0 Å². The molecule has 3 aromatic carbocycles.